The van der Waals surface area contributed by atoms with Gasteiger partial charge >= 0.3 is 0 Å². The number of nitrogens with one attached hydrogen (secondary N) is 2. The normalized spacial score (nSPS) is 18.6. The fraction of sp³-hybridized carbons (Fsp3) is 0.360. The molecule has 1 aliphatic rings. The maximum Gasteiger partial charge on any atom is 0.240 e. The third-order valence-electron chi connectivity index (χ3n) is 5.96. The van der Waals surface area contributed by atoms with Crippen LogP contribution in [0, 0.1) is 6.92 Å². The van der Waals surface area contributed by atoms with Crippen molar-refractivity contribution in [2.75, 3.05) is 24.3 Å². The summed E-state index contributed by atoms with van der Waals surface area (Å²) in [4.78, 5) is 11.2. The second kappa shape index (κ2) is 9.89. The van der Waals surface area contributed by atoms with Gasteiger partial charge in [0.15, 0.2) is 0 Å². The highest BCUT2D eigenvalue weighted by molar-refractivity contribution is 7.89. The molecule has 7 nitrogen and oxygen atoms in total. The van der Waals surface area contributed by atoms with Crippen LogP contribution in [0.3, 0.4) is 0 Å². The lowest BCUT2D eigenvalue weighted by Gasteiger charge is -2.30. The molecule has 0 saturated heterocycles. The van der Waals surface area contributed by atoms with Crippen LogP contribution in [-0.4, -0.2) is 44.6 Å². The van der Waals surface area contributed by atoms with Crippen molar-refractivity contribution in [1.82, 2.24) is 14.7 Å². The first-order valence-electron chi connectivity index (χ1n) is 11.3. The summed E-state index contributed by atoms with van der Waals surface area (Å²) in [6.07, 6.45) is 3.31. The molecule has 2 aromatic carbocycles. The van der Waals surface area contributed by atoms with Crippen molar-refractivity contribution in [3.8, 4) is 11.1 Å². The van der Waals surface area contributed by atoms with E-state index in [0.717, 1.165) is 54.3 Å². The quantitative estimate of drug-likeness (QED) is 0.543. The van der Waals surface area contributed by atoms with Gasteiger partial charge in [-0.2, -0.15) is 0 Å². The number of nitrogens with zero attached hydrogens (tertiary/aromatic N) is 3. The monoisotopic (exact) mass is 465 g/mol. The minimum atomic E-state index is -3.55. The molecule has 1 aliphatic carbocycles. The molecule has 0 bridgehead atoms. The Hall–Kier alpha value is -2.97. The minimum absolute atomic E-state index is 0.0636. The van der Waals surface area contributed by atoms with Crippen LogP contribution in [0.5, 0.6) is 0 Å². The first-order chi connectivity index (χ1) is 15.8. The van der Waals surface area contributed by atoms with E-state index in [2.05, 4.69) is 20.0 Å². The summed E-state index contributed by atoms with van der Waals surface area (Å²) in [5, 5.41) is 3.50. The average molecular weight is 466 g/mol. The molecule has 2 N–H and O–H groups in total. The second-order valence-electron chi connectivity index (χ2n) is 8.76. The second-order valence-corrected chi connectivity index (χ2v) is 10.5. The largest absolute Gasteiger partial charge is 0.367 e. The van der Waals surface area contributed by atoms with E-state index in [1.165, 1.54) is 0 Å². The number of hydrogen-bond acceptors (Lipinski definition) is 6. The van der Waals surface area contributed by atoms with Gasteiger partial charge in [-0.25, -0.2) is 23.1 Å². The van der Waals surface area contributed by atoms with Gasteiger partial charge in [-0.15, -0.1) is 0 Å². The predicted molar refractivity (Wildman–Crippen MR) is 133 cm³/mol. The van der Waals surface area contributed by atoms with Gasteiger partial charge in [0, 0.05) is 32.2 Å². The summed E-state index contributed by atoms with van der Waals surface area (Å²) in [6, 6.07) is 19.2. The molecular formula is C25H31N5O2S. The van der Waals surface area contributed by atoms with E-state index in [0.29, 0.717) is 4.90 Å². The summed E-state index contributed by atoms with van der Waals surface area (Å²) in [6.45, 7) is 1.89. The van der Waals surface area contributed by atoms with E-state index >= 15 is 0 Å². The summed E-state index contributed by atoms with van der Waals surface area (Å²) in [7, 11) is 0.360. The lowest BCUT2D eigenvalue weighted by molar-refractivity contribution is 0.387. The smallest absolute Gasteiger partial charge is 0.240 e. The van der Waals surface area contributed by atoms with E-state index in [1.807, 2.05) is 74.4 Å². The van der Waals surface area contributed by atoms with Crippen LogP contribution in [-0.2, 0) is 10.0 Å². The predicted octanol–water partition coefficient (Wildman–Crippen LogP) is 4.22. The number of aromatic nitrogens is 2. The lowest BCUT2D eigenvalue weighted by Crippen LogP contribution is -2.40. The Morgan fingerprint density at radius 3 is 2.09 bits per heavy atom. The standard InChI is InChI=1S/C25H31N5O2S/c1-18-26-24(17-25(27-18)30(2)3)28-21-11-13-22(14-12-21)29-33(31,32)23-15-9-20(10-16-23)19-7-5-4-6-8-19/h4-10,15-17,21-22,29H,11-14H2,1-3H3,(H,26,27,28). The van der Waals surface area contributed by atoms with Crippen LogP contribution in [0.4, 0.5) is 11.6 Å². The van der Waals surface area contributed by atoms with Crippen LogP contribution in [0.2, 0.25) is 0 Å². The number of anilines is 2. The summed E-state index contributed by atoms with van der Waals surface area (Å²) >= 11 is 0. The van der Waals surface area contributed by atoms with Gasteiger partial charge in [-0.05, 0) is 55.9 Å². The molecule has 1 fully saturated rings. The maximum absolute atomic E-state index is 12.9. The third kappa shape index (κ3) is 5.89. The SMILES string of the molecule is Cc1nc(NC2CCC(NS(=O)(=O)c3ccc(-c4ccccc4)cc3)CC2)cc(N(C)C)n1. The number of benzene rings is 2. The number of hydrogen-bond donors (Lipinski definition) is 2. The van der Waals surface area contributed by atoms with Crippen molar-refractivity contribution in [3.05, 3.63) is 66.5 Å². The average Bonchev–Trinajstić information content (AvgIpc) is 2.80. The Morgan fingerprint density at radius 2 is 1.45 bits per heavy atom. The maximum atomic E-state index is 12.9. The first-order valence-corrected chi connectivity index (χ1v) is 12.8. The van der Waals surface area contributed by atoms with E-state index < -0.39 is 10.0 Å². The number of sulfonamides is 1. The van der Waals surface area contributed by atoms with Crippen molar-refractivity contribution < 1.29 is 8.42 Å². The number of aryl methyl sites for hydroxylation is 1. The topological polar surface area (TPSA) is 87.2 Å². The fourth-order valence-corrected chi connectivity index (χ4v) is 5.47. The van der Waals surface area contributed by atoms with Crippen molar-refractivity contribution in [2.24, 2.45) is 0 Å². The van der Waals surface area contributed by atoms with Crippen molar-refractivity contribution in [3.63, 3.8) is 0 Å². The Morgan fingerprint density at radius 1 is 0.848 bits per heavy atom. The molecule has 3 aromatic rings. The highest BCUT2D eigenvalue weighted by Gasteiger charge is 2.26. The van der Waals surface area contributed by atoms with Crippen molar-refractivity contribution in [1.29, 1.82) is 0 Å². The van der Waals surface area contributed by atoms with E-state index in [1.54, 1.807) is 12.1 Å². The van der Waals surface area contributed by atoms with Crippen LogP contribution in [0.25, 0.3) is 11.1 Å². The molecule has 0 spiro atoms. The van der Waals surface area contributed by atoms with E-state index in [-0.39, 0.29) is 12.1 Å². The Labute approximate surface area is 196 Å². The summed E-state index contributed by atoms with van der Waals surface area (Å²) < 4.78 is 28.7. The van der Waals surface area contributed by atoms with Crippen LogP contribution in [0.15, 0.2) is 65.6 Å². The van der Waals surface area contributed by atoms with Crippen LogP contribution < -0.4 is 14.9 Å². The zero-order valence-corrected chi connectivity index (χ0v) is 20.1. The Balaban J connectivity index is 1.34. The van der Waals surface area contributed by atoms with Crippen molar-refractivity contribution >= 4 is 21.7 Å². The zero-order valence-electron chi connectivity index (χ0n) is 19.3. The minimum Gasteiger partial charge on any atom is -0.367 e. The fourth-order valence-electron chi connectivity index (χ4n) is 4.16. The molecule has 8 heteroatoms. The number of rotatable bonds is 7. The van der Waals surface area contributed by atoms with E-state index in [4.69, 9.17) is 0 Å². The third-order valence-corrected chi connectivity index (χ3v) is 7.49. The lowest BCUT2D eigenvalue weighted by atomic mass is 9.92. The van der Waals surface area contributed by atoms with Gasteiger partial charge in [-0.3, -0.25) is 0 Å². The molecule has 1 aromatic heterocycles. The molecular weight excluding hydrogens is 434 g/mol. The van der Waals surface area contributed by atoms with Gasteiger partial charge in [0.25, 0.3) is 0 Å². The molecule has 4 rings (SSSR count). The van der Waals surface area contributed by atoms with E-state index in [9.17, 15) is 8.42 Å². The van der Waals surface area contributed by atoms with Crippen LogP contribution >= 0.6 is 0 Å². The van der Waals surface area contributed by atoms with Crippen molar-refractivity contribution in [2.45, 2.75) is 49.6 Å². The molecule has 0 aliphatic heterocycles. The van der Waals surface area contributed by atoms with Gasteiger partial charge in [-0.1, -0.05) is 42.5 Å². The summed E-state index contributed by atoms with van der Waals surface area (Å²) in [5.41, 5.74) is 2.07. The van der Waals surface area contributed by atoms with Crippen LogP contribution in [0.1, 0.15) is 31.5 Å². The first kappa shape index (κ1) is 23.2. The van der Waals surface area contributed by atoms with Gasteiger partial charge in [0.2, 0.25) is 10.0 Å². The van der Waals surface area contributed by atoms with Gasteiger partial charge in [0.05, 0.1) is 4.90 Å². The molecule has 1 heterocycles. The molecule has 33 heavy (non-hydrogen) atoms. The molecule has 0 amide bonds. The molecule has 1 saturated carbocycles. The molecule has 0 unspecified atom stereocenters. The highest BCUT2D eigenvalue weighted by atomic mass is 32.2. The van der Waals surface area contributed by atoms with Gasteiger partial charge < -0.3 is 10.2 Å². The molecule has 174 valence electrons. The molecule has 0 atom stereocenters. The zero-order chi connectivity index (χ0) is 23.4. The summed E-state index contributed by atoms with van der Waals surface area (Å²) in [5.74, 6) is 2.40. The van der Waals surface area contributed by atoms with Gasteiger partial charge in [0.1, 0.15) is 17.5 Å². The molecule has 0 radical (unpaired) electrons. The highest BCUT2D eigenvalue weighted by Crippen LogP contribution is 2.25. The Kier molecular flexibility index (Phi) is 6.95. The Bertz CT molecular complexity index is 1170.